The highest BCUT2D eigenvalue weighted by atomic mass is 19.1. The van der Waals surface area contributed by atoms with Crippen molar-refractivity contribution in [1.82, 2.24) is 4.90 Å². The summed E-state index contributed by atoms with van der Waals surface area (Å²) in [5, 5.41) is 10.8. The van der Waals surface area contributed by atoms with Gasteiger partial charge in [-0.2, -0.15) is 0 Å². The van der Waals surface area contributed by atoms with E-state index in [1.807, 2.05) is 14.1 Å². The second-order valence-corrected chi connectivity index (χ2v) is 6.15. The van der Waals surface area contributed by atoms with E-state index in [1.54, 1.807) is 12.1 Å². The van der Waals surface area contributed by atoms with Crippen molar-refractivity contribution in [1.29, 1.82) is 0 Å². The number of aliphatic hydroxyl groups excluding tert-OH is 1. The van der Waals surface area contributed by atoms with E-state index >= 15 is 0 Å². The highest BCUT2D eigenvalue weighted by Gasteiger charge is 2.43. The maximum Gasteiger partial charge on any atom is 0.123 e. The standard InChI is InChI=1S/C16H24FNO/c1-12-5-4-10-16(11-12,18(2)3)15(19)13-6-8-14(17)9-7-13/h6-9,12,15,19H,4-5,10-11H2,1-3H3. The summed E-state index contributed by atoms with van der Waals surface area (Å²) in [6.45, 7) is 2.24. The topological polar surface area (TPSA) is 23.5 Å². The summed E-state index contributed by atoms with van der Waals surface area (Å²) in [4.78, 5) is 2.15. The Hall–Kier alpha value is -0.930. The Bertz CT molecular complexity index is 417. The van der Waals surface area contributed by atoms with Gasteiger partial charge < -0.3 is 10.0 Å². The van der Waals surface area contributed by atoms with Gasteiger partial charge in [0, 0.05) is 0 Å². The molecule has 2 rings (SSSR count). The Balaban J connectivity index is 2.30. The molecule has 3 heteroatoms. The zero-order valence-corrected chi connectivity index (χ0v) is 12.1. The van der Waals surface area contributed by atoms with Gasteiger partial charge in [-0.05, 0) is 50.6 Å². The lowest BCUT2D eigenvalue weighted by molar-refractivity contribution is -0.0451. The minimum Gasteiger partial charge on any atom is -0.386 e. The molecule has 3 atom stereocenters. The molecule has 1 aromatic carbocycles. The van der Waals surface area contributed by atoms with Gasteiger partial charge in [0.1, 0.15) is 5.82 Å². The summed E-state index contributed by atoms with van der Waals surface area (Å²) >= 11 is 0. The molecule has 1 saturated carbocycles. The van der Waals surface area contributed by atoms with Crippen molar-refractivity contribution in [2.24, 2.45) is 5.92 Å². The molecule has 0 saturated heterocycles. The summed E-state index contributed by atoms with van der Waals surface area (Å²) in [5.41, 5.74) is 0.583. The minimum absolute atomic E-state index is 0.227. The van der Waals surface area contributed by atoms with Gasteiger partial charge in [-0.3, -0.25) is 0 Å². The second kappa shape index (κ2) is 5.59. The monoisotopic (exact) mass is 265 g/mol. The first-order valence-electron chi connectivity index (χ1n) is 7.06. The van der Waals surface area contributed by atoms with Crippen molar-refractivity contribution in [3.63, 3.8) is 0 Å². The quantitative estimate of drug-likeness (QED) is 0.905. The van der Waals surface area contributed by atoms with Gasteiger partial charge in [-0.15, -0.1) is 0 Å². The van der Waals surface area contributed by atoms with Gasteiger partial charge in [0.15, 0.2) is 0 Å². The molecule has 0 aromatic heterocycles. The fourth-order valence-electron chi connectivity index (χ4n) is 3.42. The lowest BCUT2D eigenvalue weighted by Crippen LogP contribution is -2.52. The third kappa shape index (κ3) is 2.82. The fraction of sp³-hybridized carbons (Fsp3) is 0.625. The van der Waals surface area contributed by atoms with E-state index in [9.17, 15) is 9.50 Å². The number of likely N-dealkylation sites (N-methyl/N-ethyl adjacent to an activating group) is 1. The van der Waals surface area contributed by atoms with Crippen molar-refractivity contribution >= 4 is 0 Å². The molecular weight excluding hydrogens is 241 g/mol. The zero-order valence-electron chi connectivity index (χ0n) is 12.1. The van der Waals surface area contributed by atoms with Crippen LogP contribution in [0.3, 0.4) is 0 Å². The van der Waals surface area contributed by atoms with Crippen LogP contribution in [0.2, 0.25) is 0 Å². The first kappa shape index (κ1) is 14.5. The SMILES string of the molecule is CC1CCCC(C(O)c2ccc(F)cc2)(N(C)C)C1. The first-order valence-corrected chi connectivity index (χ1v) is 7.06. The summed E-state index contributed by atoms with van der Waals surface area (Å²) < 4.78 is 13.0. The molecule has 2 nitrogen and oxygen atoms in total. The molecule has 0 bridgehead atoms. The van der Waals surface area contributed by atoms with E-state index in [0.29, 0.717) is 5.92 Å². The van der Waals surface area contributed by atoms with Gasteiger partial charge in [-0.1, -0.05) is 31.9 Å². The second-order valence-electron chi connectivity index (χ2n) is 6.15. The molecule has 0 heterocycles. The highest BCUT2D eigenvalue weighted by Crippen LogP contribution is 2.43. The molecule has 1 N–H and O–H groups in total. The molecule has 1 aliphatic rings. The average molecular weight is 265 g/mol. The first-order chi connectivity index (χ1) is 8.95. The van der Waals surface area contributed by atoms with Crippen LogP contribution >= 0.6 is 0 Å². The Labute approximate surface area is 115 Å². The normalized spacial score (nSPS) is 29.5. The molecule has 1 aliphatic carbocycles. The molecule has 0 radical (unpaired) electrons. The molecule has 19 heavy (non-hydrogen) atoms. The van der Waals surface area contributed by atoms with Crippen molar-refractivity contribution < 1.29 is 9.50 Å². The van der Waals surface area contributed by atoms with Crippen molar-refractivity contribution in [2.45, 2.75) is 44.2 Å². The van der Waals surface area contributed by atoms with Gasteiger partial charge in [0.05, 0.1) is 11.6 Å². The summed E-state index contributed by atoms with van der Waals surface area (Å²) in [6, 6.07) is 6.25. The fourth-order valence-corrected chi connectivity index (χ4v) is 3.42. The van der Waals surface area contributed by atoms with Crippen LogP contribution in [0.5, 0.6) is 0 Å². The Morgan fingerprint density at radius 1 is 1.32 bits per heavy atom. The Kier molecular flexibility index (Phi) is 4.26. The largest absolute Gasteiger partial charge is 0.386 e. The van der Waals surface area contributed by atoms with E-state index in [2.05, 4.69) is 11.8 Å². The number of rotatable bonds is 3. The molecule has 1 aromatic rings. The average Bonchev–Trinajstić information content (AvgIpc) is 2.38. The molecule has 3 unspecified atom stereocenters. The Morgan fingerprint density at radius 3 is 2.47 bits per heavy atom. The third-order valence-corrected chi connectivity index (χ3v) is 4.59. The number of hydrogen-bond donors (Lipinski definition) is 1. The maximum absolute atomic E-state index is 13.0. The number of halogens is 1. The van der Waals surface area contributed by atoms with Crippen LogP contribution < -0.4 is 0 Å². The van der Waals surface area contributed by atoms with E-state index < -0.39 is 6.10 Å². The van der Waals surface area contributed by atoms with Gasteiger partial charge >= 0.3 is 0 Å². The number of nitrogens with zero attached hydrogens (tertiary/aromatic N) is 1. The van der Waals surface area contributed by atoms with Crippen molar-refractivity contribution in [3.8, 4) is 0 Å². The predicted molar refractivity (Wildman–Crippen MR) is 75.4 cm³/mol. The summed E-state index contributed by atoms with van der Waals surface area (Å²) in [7, 11) is 4.07. The molecule has 0 spiro atoms. The highest BCUT2D eigenvalue weighted by molar-refractivity contribution is 5.23. The van der Waals surface area contributed by atoms with Crippen LogP contribution in [0.1, 0.15) is 44.3 Å². The maximum atomic E-state index is 13.0. The van der Waals surface area contributed by atoms with E-state index in [0.717, 1.165) is 24.8 Å². The van der Waals surface area contributed by atoms with Crippen LogP contribution in [-0.2, 0) is 0 Å². The van der Waals surface area contributed by atoms with Crippen LogP contribution in [0.25, 0.3) is 0 Å². The predicted octanol–water partition coefficient (Wildman–Crippen LogP) is 3.37. The lowest BCUT2D eigenvalue weighted by Gasteiger charge is -2.48. The van der Waals surface area contributed by atoms with Gasteiger partial charge in [-0.25, -0.2) is 4.39 Å². The third-order valence-electron chi connectivity index (χ3n) is 4.59. The molecule has 1 fully saturated rings. The summed E-state index contributed by atoms with van der Waals surface area (Å²) in [6.07, 6.45) is 3.77. The molecule has 106 valence electrons. The minimum atomic E-state index is -0.564. The van der Waals surface area contributed by atoms with E-state index in [-0.39, 0.29) is 11.4 Å². The number of aliphatic hydroxyl groups is 1. The number of benzene rings is 1. The molecule has 0 aliphatic heterocycles. The smallest absolute Gasteiger partial charge is 0.123 e. The van der Waals surface area contributed by atoms with Crippen LogP contribution in [-0.4, -0.2) is 29.6 Å². The van der Waals surface area contributed by atoms with Crippen LogP contribution in [0.4, 0.5) is 4.39 Å². The van der Waals surface area contributed by atoms with Crippen molar-refractivity contribution in [2.75, 3.05) is 14.1 Å². The summed E-state index contributed by atoms with van der Waals surface area (Å²) in [5.74, 6) is 0.359. The zero-order chi connectivity index (χ0) is 14.0. The van der Waals surface area contributed by atoms with Gasteiger partial charge in [0.25, 0.3) is 0 Å². The lowest BCUT2D eigenvalue weighted by atomic mass is 9.71. The van der Waals surface area contributed by atoms with Gasteiger partial charge in [0.2, 0.25) is 0 Å². The van der Waals surface area contributed by atoms with Crippen LogP contribution in [0, 0.1) is 11.7 Å². The molecular formula is C16H24FNO. The van der Waals surface area contributed by atoms with Crippen LogP contribution in [0.15, 0.2) is 24.3 Å². The number of hydrogen-bond acceptors (Lipinski definition) is 2. The van der Waals surface area contributed by atoms with E-state index in [1.165, 1.54) is 18.6 Å². The van der Waals surface area contributed by atoms with E-state index in [4.69, 9.17) is 0 Å². The van der Waals surface area contributed by atoms with Crippen molar-refractivity contribution in [3.05, 3.63) is 35.6 Å². The Morgan fingerprint density at radius 2 is 1.95 bits per heavy atom. The molecule has 0 amide bonds.